The van der Waals surface area contributed by atoms with Crippen LogP contribution in [0.15, 0.2) is 24.4 Å². The summed E-state index contributed by atoms with van der Waals surface area (Å²) in [5.41, 5.74) is 0.822. The number of hydrogen-bond acceptors (Lipinski definition) is 5. The molecule has 2 heterocycles. The summed E-state index contributed by atoms with van der Waals surface area (Å²) >= 11 is 7.62. The summed E-state index contributed by atoms with van der Waals surface area (Å²) in [6.07, 6.45) is 4.01. The van der Waals surface area contributed by atoms with E-state index in [-0.39, 0.29) is 11.8 Å². The van der Waals surface area contributed by atoms with Gasteiger partial charge in [0, 0.05) is 23.7 Å². The third-order valence-electron chi connectivity index (χ3n) is 4.02. The van der Waals surface area contributed by atoms with Gasteiger partial charge < -0.3 is 10.6 Å². The third-order valence-corrected chi connectivity index (χ3v) is 5.42. The standard InChI is InChI=1S/C17H19ClN4O2S/c1-10(23)21-12-2-3-14(18)13(8-12)16(24)22-17-20-9-15(25-17)11-4-6-19-7-5-11/h2-3,8-9,11,19H,4-7H2,1H3,(H,21,23)(H,20,22,24). The van der Waals surface area contributed by atoms with Crippen molar-refractivity contribution in [2.45, 2.75) is 25.7 Å². The van der Waals surface area contributed by atoms with E-state index < -0.39 is 0 Å². The lowest BCUT2D eigenvalue weighted by molar-refractivity contribution is -0.114. The van der Waals surface area contributed by atoms with Gasteiger partial charge in [-0.1, -0.05) is 11.6 Å². The minimum absolute atomic E-state index is 0.208. The summed E-state index contributed by atoms with van der Waals surface area (Å²) in [7, 11) is 0. The topological polar surface area (TPSA) is 83.1 Å². The van der Waals surface area contributed by atoms with Gasteiger partial charge in [0.2, 0.25) is 5.91 Å². The number of rotatable bonds is 4. The molecule has 6 nitrogen and oxygen atoms in total. The summed E-state index contributed by atoms with van der Waals surface area (Å²) in [6.45, 7) is 3.43. The number of nitrogens with zero attached hydrogens (tertiary/aromatic N) is 1. The van der Waals surface area contributed by atoms with Gasteiger partial charge in [-0.25, -0.2) is 4.98 Å². The first-order valence-corrected chi connectivity index (χ1v) is 9.27. The maximum Gasteiger partial charge on any atom is 0.259 e. The molecular weight excluding hydrogens is 360 g/mol. The van der Waals surface area contributed by atoms with Crippen LogP contribution in [0.2, 0.25) is 5.02 Å². The van der Waals surface area contributed by atoms with Crippen molar-refractivity contribution in [3.63, 3.8) is 0 Å². The summed E-state index contributed by atoms with van der Waals surface area (Å²) in [5.74, 6) is -0.0558. The van der Waals surface area contributed by atoms with E-state index in [2.05, 4.69) is 20.9 Å². The fourth-order valence-electron chi connectivity index (χ4n) is 2.78. The van der Waals surface area contributed by atoms with E-state index in [0.717, 1.165) is 25.9 Å². The number of piperidine rings is 1. The first kappa shape index (κ1) is 17.8. The number of aromatic nitrogens is 1. The Morgan fingerprint density at radius 3 is 2.76 bits per heavy atom. The fourth-order valence-corrected chi connectivity index (χ4v) is 3.97. The minimum Gasteiger partial charge on any atom is -0.326 e. The Kier molecular flexibility index (Phi) is 5.67. The lowest BCUT2D eigenvalue weighted by atomic mass is 9.97. The van der Waals surface area contributed by atoms with Gasteiger partial charge in [0.05, 0.1) is 10.6 Å². The van der Waals surface area contributed by atoms with Crippen LogP contribution in [0.3, 0.4) is 0 Å². The highest BCUT2D eigenvalue weighted by atomic mass is 35.5. The number of benzene rings is 1. The van der Waals surface area contributed by atoms with Crippen LogP contribution in [0.5, 0.6) is 0 Å². The molecule has 132 valence electrons. The summed E-state index contributed by atoms with van der Waals surface area (Å²) in [5, 5.41) is 9.65. The quantitative estimate of drug-likeness (QED) is 0.760. The van der Waals surface area contributed by atoms with Gasteiger partial charge in [-0.15, -0.1) is 11.3 Å². The van der Waals surface area contributed by atoms with Crippen molar-refractivity contribution in [1.82, 2.24) is 10.3 Å². The molecule has 0 unspecified atom stereocenters. The minimum atomic E-state index is -0.344. The van der Waals surface area contributed by atoms with Crippen molar-refractivity contribution in [2.24, 2.45) is 0 Å². The van der Waals surface area contributed by atoms with Crippen LogP contribution in [0.1, 0.15) is 40.9 Å². The number of amides is 2. The Bertz CT molecular complexity index is 787. The molecular formula is C17H19ClN4O2S. The molecule has 2 aromatic rings. The predicted octanol–water partition coefficient (Wildman–Crippen LogP) is 3.47. The number of carbonyl (C=O) groups is 2. The van der Waals surface area contributed by atoms with Crippen molar-refractivity contribution in [3.05, 3.63) is 39.9 Å². The molecule has 3 N–H and O–H groups in total. The highest BCUT2D eigenvalue weighted by Gasteiger charge is 2.19. The van der Waals surface area contributed by atoms with Gasteiger partial charge in [-0.05, 0) is 50.0 Å². The van der Waals surface area contributed by atoms with Gasteiger partial charge in [-0.3, -0.25) is 14.9 Å². The molecule has 0 bridgehead atoms. The lowest BCUT2D eigenvalue weighted by Crippen LogP contribution is -2.26. The molecule has 0 aliphatic carbocycles. The Morgan fingerprint density at radius 1 is 1.28 bits per heavy atom. The highest BCUT2D eigenvalue weighted by Crippen LogP contribution is 2.32. The lowest BCUT2D eigenvalue weighted by Gasteiger charge is -2.20. The maximum absolute atomic E-state index is 12.5. The van der Waals surface area contributed by atoms with E-state index >= 15 is 0 Å². The Morgan fingerprint density at radius 2 is 2.04 bits per heavy atom. The van der Waals surface area contributed by atoms with E-state index in [1.54, 1.807) is 18.2 Å². The smallest absolute Gasteiger partial charge is 0.259 e. The van der Waals surface area contributed by atoms with Gasteiger partial charge in [0.25, 0.3) is 5.91 Å². The van der Waals surface area contributed by atoms with Crippen LogP contribution in [0, 0.1) is 0 Å². The van der Waals surface area contributed by atoms with E-state index in [9.17, 15) is 9.59 Å². The number of carbonyl (C=O) groups excluding carboxylic acids is 2. The molecule has 3 rings (SSSR count). The molecule has 1 aliphatic heterocycles. The molecule has 25 heavy (non-hydrogen) atoms. The molecule has 0 atom stereocenters. The van der Waals surface area contributed by atoms with E-state index in [1.807, 2.05) is 6.20 Å². The average Bonchev–Trinajstić information content (AvgIpc) is 3.05. The number of thiazole rings is 1. The molecule has 8 heteroatoms. The number of anilines is 2. The summed E-state index contributed by atoms with van der Waals surface area (Å²) < 4.78 is 0. The van der Waals surface area contributed by atoms with Crippen LogP contribution in [0.25, 0.3) is 0 Å². The van der Waals surface area contributed by atoms with Crippen LogP contribution in [-0.4, -0.2) is 29.9 Å². The Hall–Kier alpha value is -1.96. The maximum atomic E-state index is 12.5. The van der Waals surface area contributed by atoms with Gasteiger partial charge >= 0.3 is 0 Å². The van der Waals surface area contributed by atoms with Crippen LogP contribution >= 0.6 is 22.9 Å². The molecule has 1 aromatic carbocycles. The molecule has 1 fully saturated rings. The zero-order valence-electron chi connectivity index (χ0n) is 13.8. The largest absolute Gasteiger partial charge is 0.326 e. The number of hydrogen-bond donors (Lipinski definition) is 3. The Balaban J connectivity index is 1.71. The first-order chi connectivity index (χ1) is 12.0. The first-order valence-electron chi connectivity index (χ1n) is 8.08. The second-order valence-corrected chi connectivity index (χ2v) is 7.39. The summed E-state index contributed by atoms with van der Waals surface area (Å²) in [4.78, 5) is 29.2. The zero-order chi connectivity index (χ0) is 17.8. The molecule has 1 aromatic heterocycles. The van der Waals surface area contributed by atoms with Gasteiger partial charge in [0.1, 0.15) is 0 Å². The molecule has 0 spiro atoms. The predicted molar refractivity (Wildman–Crippen MR) is 101 cm³/mol. The normalized spacial score (nSPS) is 15.0. The van der Waals surface area contributed by atoms with Crippen molar-refractivity contribution < 1.29 is 9.59 Å². The monoisotopic (exact) mass is 378 g/mol. The number of nitrogens with one attached hydrogen (secondary N) is 3. The fraction of sp³-hybridized carbons (Fsp3) is 0.353. The van der Waals surface area contributed by atoms with E-state index in [4.69, 9.17) is 11.6 Å². The van der Waals surface area contributed by atoms with E-state index in [0.29, 0.717) is 27.3 Å². The van der Waals surface area contributed by atoms with Crippen molar-refractivity contribution in [2.75, 3.05) is 23.7 Å². The van der Waals surface area contributed by atoms with Gasteiger partial charge in [0.15, 0.2) is 5.13 Å². The molecule has 2 amide bonds. The molecule has 1 aliphatic rings. The molecule has 0 radical (unpaired) electrons. The summed E-state index contributed by atoms with van der Waals surface area (Å²) in [6, 6.07) is 4.80. The van der Waals surface area contributed by atoms with Crippen LogP contribution in [0.4, 0.5) is 10.8 Å². The molecule has 0 saturated carbocycles. The van der Waals surface area contributed by atoms with Gasteiger partial charge in [-0.2, -0.15) is 0 Å². The van der Waals surface area contributed by atoms with Crippen molar-refractivity contribution >= 4 is 45.6 Å². The third kappa shape index (κ3) is 4.56. The zero-order valence-corrected chi connectivity index (χ0v) is 15.3. The second-order valence-electron chi connectivity index (χ2n) is 5.92. The van der Waals surface area contributed by atoms with Crippen molar-refractivity contribution in [1.29, 1.82) is 0 Å². The van der Waals surface area contributed by atoms with E-state index in [1.165, 1.54) is 23.1 Å². The Labute approximate surface area is 155 Å². The second kappa shape index (κ2) is 7.95. The number of halogens is 1. The highest BCUT2D eigenvalue weighted by molar-refractivity contribution is 7.15. The molecule has 1 saturated heterocycles. The SMILES string of the molecule is CC(=O)Nc1ccc(Cl)c(C(=O)Nc2ncc(C3CCNCC3)s2)c1. The van der Waals surface area contributed by atoms with Crippen LogP contribution in [-0.2, 0) is 4.79 Å². The van der Waals surface area contributed by atoms with Crippen molar-refractivity contribution in [3.8, 4) is 0 Å². The average molecular weight is 379 g/mol. The van der Waals surface area contributed by atoms with Crippen LogP contribution < -0.4 is 16.0 Å².